The van der Waals surface area contributed by atoms with Gasteiger partial charge in [0.2, 0.25) is 0 Å². The highest BCUT2D eigenvalue weighted by Gasteiger charge is 2.27. The fourth-order valence-corrected chi connectivity index (χ4v) is 3.71. The van der Waals surface area contributed by atoms with Gasteiger partial charge in [0.25, 0.3) is 11.6 Å². The summed E-state index contributed by atoms with van der Waals surface area (Å²) in [6, 6.07) is 6.86. The number of carbonyl (C=O) groups excluding carboxylic acids is 3. The maximum absolute atomic E-state index is 12.7. The van der Waals surface area contributed by atoms with E-state index in [2.05, 4.69) is 10.4 Å². The molecule has 0 aliphatic carbocycles. The van der Waals surface area contributed by atoms with E-state index in [-0.39, 0.29) is 38.8 Å². The van der Waals surface area contributed by atoms with E-state index in [1.807, 2.05) is 0 Å². The van der Waals surface area contributed by atoms with E-state index in [1.165, 1.54) is 30.3 Å². The van der Waals surface area contributed by atoms with Crippen LogP contribution in [0.3, 0.4) is 0 Å². The molecule has 0 unspecified atom stereocenters. The number of carbonyl (C=O) groups is 3. The van der Waals surface area contributed by atoms with Gasteiger partial charge < -0.3 is 14.8 Å². The van der Waals surface area contributed by atoms with Crippen LogP contribution in [0.1, 0.15) is 47.7 Å². The Morgan fingerprint density at radius 2 is 1.94 bits per heavy atom. The summed E-state index contributed by atoms with van der Waals surface area (Å²) in [5, 5.41) is 18.1. The van der Waals surface area contributed by atoms with Crippen molar-refractivity contribution >= 4 is 51.0 Å². The number of nitrogens with one attached hydrogen (secondary N) is 1. The molecule has 32 heavy (non-hydrogen) atoms. The molecule has 2 aromatic heterocycles. The zero-order chi connectivity index (χ0) is 23.6. The second-order valence-corrected chi connectivity index (χ2v) is 8.55. The minimum absolute atomic E-state index is 0.0535. The molecule has 0 spiro atoms. The molecular weight excluding hydrogens is 440 g/mol. The van der Waals surface area contributed by atoms with Crippen LogP contribution in [-0.2, 0) is 9.47 Å². The minimum Gasteiger partial charge on any atom is -0.456 e. The van der Waals surface area contributed by atoms with Crippen LogP contribution in [0.5, 0.6) is 0 Å². The molecule has 11 nitrogen and oxygen atoms in total. The van der Waals surface area contributed by atoms with Crippen LogP contribution < -0.4 is 5.32 Å². The molecule has 1 N–H and O–H groups in total. The average molecular weight is 460 g/mol. The third kappa shape index (κ3) is 4.75. The first-order valence-electron chi connectivity index (χ1n) is 9.49. The minimum atomic E-state index is -0.804. The number of ether oxygens (including phenoxy) is 2. The van der Waals surface area contributed by atoms with Gasteiger partial charge >= 0.3 is 12.1 Å². The Bertz CT molecular complexity index is 1220. The van der Waals surface area contributed by atoms with Gasteiger partial charge in [0.15, 0.2) is 5.82 Å². The molecule has 0 bridgehead atoms. The van der Waals surface area contributed by atoms with Crippen molar-refractivity contribution in [2.24, 2.45) is 0 Å². The van der Waals surface area contributed by atoms with Crippen molar-refractivity contribution in [3.63, 3.8) is 0 Å². The van der Waals surface area contributed by atoms with E-state index in [9.17, 15) is 24.5 Å². The lowest BCUT2D eigenvalue weighted by Gasteiger charge is -2.18. The number of aromatic nitrogens is 2. The van der Waals surface area contributed by atoms with Crippen molar-refractivity contribution in [1.82, 2.24) is 9.78 Å². The summed E-state index contributed by atoms with van der Waals surface area (Å²) in [7, 11) is 0. The smallest absolute Gasteiger partial charge is 0.436 e. The normalized spacial score (nSPS) is 11.2. The lowest BCUT2D eigenvalue weighted by molar-refractivity contribution is -0.385. The number of nitro benzene ring substituents is 1. The van der Waals surface area contributed by atoms with Crippen molar-refractivity contribution in [3.8, 4) is 0 Å². The summed E-state index contributed by atoms with van der Waals surface area (Å²) in [6.45, 7) is 6.86. The monoisotopic (exact) mass is 460 g/mol. The van der Waals surface area contributed by atoms with Crippen LogP contribution in [0.15, 0.2) is 30.3 Å². The van der Waals surface area contributed by atoms with Crippen molar-refractivity contribution in [2.75, 3.05) is 11.9 Å². The van der Waals surface area contributed by atoms with Crippen LogP contribution in [0, 0.1) is 10.1 Å². The summed E-state index contributed by atoms with van der Waals surface area (Å²) in [4.78, 5) is 48.6. The zero-order valence-corrected chi connectivity index (χ0v) is 18.5. The fourth-order valence-electron chi connectivity index (χ4n) is 2.74. The van der Waals surface area contributed by atoms with Crippen LogP contribution >= 0.6 is 11.3 Å². The van der Waals surface area contributed by atoms with Gasteiger partial charge in [-0.1, -0.05) is 12.1 Å². The first kappa shape index (κ1) is 22.9. The highest BCUT2D eigenvalue weighted by Crippen LogP contribution is 2.33. The van der Waals surface area contributed by atoms with Gasteiger partial charge in [-0.15, -0.1) is 16.4 Å². The van der Waals surface area contributed by atoms with E-state index in [0.29, 0.717) is 0 Å². The van der Waals surface area contributed by atoms with Gasteiger partial charge in [-0.25, -0.2) is 9.59 Å². The number of amides is 1. The lowest BCUT2D eigenvalue weighted by Crippen LogP contribution is -2.23. The number of para-hydroxylation sites is 1. The van der Waals surface area contributed by atoms with Crippen molar-refractivity contribution in [1.29, 1.82) is 0 Å². The van der Waals surface area contributed by atoms with Gasteiger partial charge in [-0.3, -0.25) is 14.9 Å². The molecule has 0 aliphatic rings. The van der Waals surface area contributed by atoms with Crippen LogP contribution in [0.2, 0.25) is 0 Å². The number of anilines is 1. The fraction of sp³-hybridized carbons (Fsp3) is 0.300. The molecule has 12 heteroatoms. The summed E-state index contributed by atoms with van der Waals surface area (Å²) in [6.07, 6.45) is -0.804. The topological polar surface area (TPSA) is 143 Å². The lowest BCUT2D eigenvalue weighted by atomic mass is 10.1. The van der Waals surface area contributed by atoms with Crippen LogP contribution in [-0.4, -0.2) is 44.9 Å². The van der Waals surface area contributed by atoms with Crippen LogP contribution in [0.4, 0.5) is 16.3 Å². The summed E-state index contributed by atoms with van der Waals surface area (Å²) in [5.41, 5.74) is -1.30. The third-order valence-electron chi connectivity index (χ3n) is 3.98. The third-order valence-corrected chi connectivity index (χ3v) is 5.07. The molecule has 0 radical (unpaired) electrons. The Hall–Kier alpha value is -3.80. The number of hydrogen-bond donors (Lipinski definition) is 1. The number of fused-ring (bicyclic) bond motifs is 1. The van der Waals surface area contributed by atoms with E-state index >= 15 is 0 Å². The molecule has 0 saturated carbocycles. The number of nitrogens with zero attached hydrogens (tertiary/aromatic N) is 3. The first-order chi connectivity index (χ1) is 15.0. The van der Waals surface area contributed by atoms with E-state index < -0.39 is 28.5 Å². The van der Waals surface area contributed by atoms with Gasteiger partial charge in [-0.2, -0.15) is 4.68 Å². The number of hydrogen-bond acceptors (Lipinski definition) is 9. The quantitative estimate of drug-likeness (QED) is 0.339. The van der Waals surface area contributed by atoms with E-state index in [1.54, 1.807) is 27.7 Å². The first-order valence-corrected chi connectivity index (χ1v) is 10.3. The Kier molecular flexibility index (Phi) is 6.25. The molecule has 3 aromatic rings. The SMILES string of the molecule is CCOC(=O)n1nc(NC(=O)c2ccccc2[N+](=O)[O-])c2cc(C(=O)OC(C)(C)C)sc21. The molecule has 168 valence electrons. The molecule has 2 heterocycles. The molecule has 0 saturated heterocycles. The van der Waals surface area contributed by atoms with Gasteiger partial charge in [-0.05, 0) is 39.8 Å². The molecule has 1 aromatic carbocycles. The van der Waals surface area contributed by atoms with Crippen molar-refractivity contribution in [3.05, 3.63) is 50.9 Å². The predicted octanol–water partition coefficient (Wildman–Crippen LogP) is 4.22. The van der Waals surface area contributed by atoms with Gasteiger partial charge in [0, 0.05) is 6.07 Å². The Morgan fingerprint density at radius 1 is 1.25 bits per heavy atom. The average Bonchev–Trinajstić information content (AvgIpc) is 3.27. The number of rotatable bonds is 5. The maximum Gasteiger partial charge on any atom is 0.436 e. The highest BCUT2D eigenvalue weighted by atomic mass is 32.1. The summed E-state index contributed by atoms with van der Waals surface area (Å²) < 4.78 is 11.3. The molecular formula is C20H20N4O7S. The van der Waals surface area contributed by atoms with Gasteiger partial charge in [0.1, 0.15) is 20.9 Å². The van der Waals surface area contributed by atoms with Gasteiger partial charge in [0.05, 0.1) is 16.9 Å². The highest BCUT2D eigenvalue weighted by molar-refractivity contribution is 7.20. The molecule has 1 amide bonds. The second-order valence-electron chi connectivity index (χ2n) is 7.52. The second kappa shape index (κ2) is 8.75. The molecule has 3 rings (SSSR count). The zero-order valence-electron chi connectivity index (χ0n) is 17.7. The Balaban J connectivity index is 2.04. The number of thiophene rings is 1. The number of nitro groups is 1. The van der Waals surface area contributed by atoms with E-state index in [4.69, 9.17) is 9.47 Å². The summed E-state index contributed by atoms with van der Waals surface area (Å²) in [5.74, 6) is -1.45. The van der Waals surface area contributed by atoms with Crippen LogP contribution in [0.25, 0.3) is 10.2 Å². The van der Waals surface area contributed by atoms with Crippen molar-refractivity contribution in [2.45, 2.75) is 33.3 Å². The Morgan fingerprint density at radius 3 is 2.56 bits per heavy atom. The Labute approximate surface area is 186 Å². The largest absolute Gasteiger partial charge is 0.456 e. The maximum atomic E-state index is 12.7. The molecule has 0 atom stereocenters. The predicted molar refractivity (Wildman–Crippen MR) is 116 cm³/mol. The molecule has 0 aliphatic heterocycles. The van der Waals surface area contributed by atoms with Crippen molar-refractivity contribution < 1.29 is 28.8 Å². The van der Waals surface area contributed by atoms with E-state index in [0.717, 1.165) is 16.0 Å². The number of benzene rings is 1. The standard InChI is InChI=1S/C20H20N4O7S/c1-5-30-19(27)23-17-12(10-14(32-17)18(26)31-20(2,3)4)15(22-23)21-16(25)11-8-6-7-9-13(11)24(28)29/h6-10H,5H2,1-4H3,(H,21,22,25). The molecule has 0 fully saturated rings. The summed E-state index contributed by atoms with van der Waals surface area (Å²) >= 11 is 0.944. The number of esters is 1.